The average Bonchev–Trinajstić information content (AvgIpc) is 2.40. The summed E-state index contributed by atoms with van der Waals surface area (Å²) in [6, 6.07) is 0. The fraction of sp³-hybridized carbons (Fsp3) is 0.714. The first kappa shape index (κ1) is 8.20. The second-order valence-corrected chi connectivity index (χ2v) is 2.32. The maximum absolute atomic E-state index is 10.9. The second-order valence-electron chi connectivity index (χ2n) is 2.32. The maximum atomic E-state index is 10.9. The van der Waals surface area contributed by atoms with Crippen LogP contribution in [0.15, 0.2) is 4.99 Å². The normalized spacial score (nSPS) is 17.2. The van der Waals surface area contributed by atoms with Gasteiger partial charge in [-0.25, -0.2) is 0 Å². The summed E-state index contributed by atoms with van der Waals surface area (Å²) in [6.07, 6.45) is 1.80. The molecule has 0 aliphatic carbocycles. The predicted molar refractivity (Wildman–Crippen MR) is 41.6 cm³/mol. The van der Waals surface area contributed by atoms with E-state index in [0.717, 1.165) is 6.54 Å². The largest absolute Gasteiger partial charge is 0.465 e. The number of nitrogens with zero attached hydrogens (tertiary/aromatic N) is 2. The number of esters is 1. The number of hydrogen-bond donors (Lipinski definition) is 0. The van der Waals surface area contributed by atoms with Gasteiger partial charge in [0.25, 0.3) is 0 Å². The minimum absolute atomic E-state index is 0.169. The summed E-state index contributed by atoms with van der Waals surface area (Å²) in [6.45, 7) is 4.00. The summed E-state index contributed by atoms with van der Waals surface area (Å²) in [5.74, 6) is -0.169. The Morgan fingerprint density at radius 1 is 1.82 bits per heavy atom. The quantitative estimate of drug-likeness (QED) is 0.535. The van der Waals surface area contributed by atoms with Gasteiger partial charge in [-0.3, -0.25) is 14.7 Å². The lowest BCUT2D eigenvalue weighted by Crippen LogP contribution is -2.29. The highest BCUT2D eigenvalue weighted by Gasteiger charge is 2.11. The van der Waals surface area contributed by atoms with Crippen LogP contribution in [0.3, 0.4) is 0 Å². The van der Waals surface area contributed by atoms with E-state index in [9.17, 15) is 4.79 Å². The third kappa shape index (κ3) is 2.67. The Morgan fingerprint density at radius 3 is 3.18 bits per heavy atom. The van der Waals surface area contributed by atoms with Crippen molar-refractivity contribution in [1.29, 1.82) is 0 Å². The first-order valence-electron chi connectivity index (χ1n) is 3.69. The Kier molecular flexibility index (Phi) is 3.04. The van der Waals surface area contributed by atoms with Gasteiger partial charge in [-0.2, -0.15) is 0 Å². The molecule has 11 heavy (non-hydrogen) atoms. The number of hydrogen-bond acceptors (Lipinski definition) is 4. The van der Waals surface area contributed by atoms with E-state index in [2.05, 4.69) is 4.99 Å². The van der Waals surface area contributed by atoms with Crippen molar-refractivity contribution < 1.29 is 9.53 Å². The molecule has 0 N–H and O–H groups in total. The lowest BCUT2D eigenvalue weighted by Gasteiger charge is -2.11. The molecule has 62 valence electrons. The molecule has 1 aliphatic heterocycles. The number of ether oxygens (including phenoxy) is 1. The molecule has 0 bridgehead atoms. The van der Waals surface area contributed by atoms with Crippen molar-refractivity contribution in [2.75, 3.05) is 26.4 Å². The predicted octanol–water partition coefficient (Wildman–Crippen LogP) is -0.107. The van der Waals surface area contributed by atoms with Crippen molar-refractivity contribution in [1.82, 2.24) is 4.90 Å². The van der Waals surface area contributed by atoms with Gasteiger partial charge in [0.05, 0.1) is 19.8 Å². The minimum Gasteiger partial charge on any atom is -0.465 e. The Labute approximate surface area is 65.9 Å². The third-order valence-electron chi connectivity index (χ3n) is 1.41. The molecule has 0 aromatic carbocycles. The highest BCUT2D eigenvalue weighted by molar-refractivity contribution is 5.73. The molecule has 0 saturated carbocycles. The lowest BCUT2D eigenvalue weighted by molar-refractivity contribution is -0.144. The Balaban J connectivity index is 2.15. The number of aliphatic imine (C=N–C) groups is 1. The van der Waals surface area contributed by atoms with E-state index >= 15 is 0 Å². The first-order chi connectivity index (χ1) is 5.33. The van der Waals surface area contributed by atoms with Gasteiger partial charge in [-0.05, 0) is 6.92 Å². The van der Waals surface area contributed by atoms with Gasteiger partial charge in [-0.1, -0.05) is 0 Å². The molecule has 0 spiro atoms. The number of carbonyl (C=O) groups is 1. The van der Waals surface area contributed by atoms with E-state index in [1.807, 2.05) is 4.90 Å². The van der Waals surface area contributed by atoms with Gasteiger partial charge >= 0.3 is 5.97 Å². The highest BCUT2D eigenvalue weighted by atomic mass is 16.5. The second kappa shape index (κ2) is 4.08. The molecule has 4 heteroatoms. The average molecular weight is 156 g/mol. The van der Waals surface area contributed by atoms with Crippen LogP contribution in [0, 0.1) is 0 Å². The standard InChI is InChI=1S/C7H12N2O2/c1-2-11-7(10)5-9-4-3-8-6-9/h3H,2,4-6H2,1H3. The molecule has 1 rings (SSSR count). The maximum Gasteiger partial charge on any atom is 0.320 e. The van der Waals surface area contributed by atoms with Crippen LogP contribution in [-0.4, -0.2) is 43.4 Å². The smallest absolute Gasteiger partial charge is 0.320 e. The van der Waals surface area contributed by atoms with Crippen LogP contribution in [0.4, 0.5) is 0 Å². The molecule has 0 radical (unpaired) electrons. The van der Waals surface area contributed by atoms with Crippen molar-refractivity contribution in [3.05, 3.63) is 0 Å². The summed E-state index contributed by atoms with van der Waals surface area (Å²) in [5, 5.41) is 0. The van der Waals surface area contributed by atoms with Crippen LogP contribution >= 0.6 is 0 Å². The zero-order chi connectivity index (χ0) is 8.10. The lowest BCUT2D eigenvalue weighted by atomic mass is 10.5. The molecule has 0 atom stereocenters. The molecule has 0 aromatic heterocycles. The molecule has 0 saturated heterocycles. The van der Waals surface area contributed by atoms with Crippen LogP contribution in [0.1, 0.15) is 6.92 Å². The fourth-order valence-corrected chi connectivity index (χ4v) is 0.908. The Bertz CT molecular complexity index is 160. The van der Waals surface area contributed by atoms with Crippen molar-refractivity contribution in [2.45, 2.75) is 6.92 Å². The number of rotatable bonds is 3. The van der Waals surface area contributed by atoms with Crippen LogP contribution in [0.25, 0.3) is 0 Å². The molecule has 1 heterocycles. The topological polar surface area (TPSA) is 41.9 Å². The van der Waals surface area contributed by atoms with Crippen molar-refractivity contribution >= 4 is 12.2 Å². The van der Waals surface area contributed by atoms with Crippen LogP contribution in [0.5, 0.6) is 0 Å². The summed E-state index contributed by atoms with van der Waals surface area (Å²) >= 11 is 0. The molecular weight excluding hydrogens is 144 g/mol. The van der Waals surface area contributed by atoms with Gasteiger partial charge in [0, 0.05) is 12.8 Å². The van der Waals surface area contributed by atoms with Gasteiger partial charge in [0.2, 0.25) is 0 Å². The Morgan fingerprint density at radius 2 is 2.64 bits per heavy atom. The van der Waals surface area contributed by atoms with Crippen LogP contribution < -0.4 is 0 Å². The fourth-order valence-electron chi connectivity index (χ4n) is 0.908. The van der Waals surface area contributed by atoms with Gasteiger partial charge in [-0.15, -0.1) is 0 Å². The molecule has 0 aromatic rings. The van der Waals surface area contributed by atoms with E-state index in [0.29, 0.717) is 19.8 Å². The van der Waals surface area contributed by atoms with E-state index < -0.39 is 0 Å². The van der Waals surface area contributed by atoms with Crippen LogP contribution in [-0.2, 0) is 9.53 Å². The monoisotopic (exact) mass is 156 g/mol. The Hall–Kier alpha value is -0.900. The molecule has 1 aliphatic rings. The number of carbonyl (C=O) groups excluding carboxylic acids is 1. The van der Waals surface area contributed by atoms with Gasteiger partial charge in [0.15, 0.2) is 0 Å². The molecule has 4 nitrogen and oxygen atoms in total. The third-order valence-corrected chi connectivity index (χ3v) is 1.41. The SMILES string of the molecule is CCOC(=O)CN1CC=NC1. The molecule has 0 fully saturated rings. The van der Waals surface area contributed by atoms with E-state index in [4.69, 9.17) is 4.74 Å². The van der Waals surface area contributed by atoms with Gasteiger partial charge < -0.3 is 4.74 Å². The highest BCUT2D eigenvalue weighted by Crippen LogP contribution is 1.94. The summed E-state index contributed by atoms with van der Waals surface area (Å²) in [5.41, 5.74) is 0. The van der Waals surface area contributed by atoms with Gasteiger partial charge in [0.1, 0.15) is 0 Å². The minimum atomic E-state index is -0.169. The zero-order valence-corrected chi connectivity index (χ0v) is 6.62. The molecular formula is C7H12N2O2. The van der Waals surface area contributed by atoms with E-state index in [1.54, 1.807) is 13.1 Å². The summed E-state index contributed by atoms with van der Waals surface area (Å²) in [7, 11) is 0. The molecule has 0 unspecified atom stereocenters. The van der Waals surface area contributed by atoms with Crippen molar-refractivity contribution in [2.24, 2.45) is 4.99 Å². The zero-order valence-electron chi connectivity index (χ0n) is 6.62. The van der Waals surface area contributed by atoms with E-state index in [-0.39, 0.29) is 5.97 Å². The molecule has 0 amide bonds. The van der Waals surface area contributed by atoms with E-state index in [1.165, 1.54) is 0 Å². The van der Waals surface area contributed by atoms with Crippen LogP contribution in [0.2, 0.25) is 0 Å². The summed E-state index contributed by atoms with van der Waals surface area (Å²) < 4.78 is 4.77. The van der Waals surface area contributed by atoms with Crippen molar-refractivity contribution in [3.63, 3.8) is 0 Å². The van der Waals surface area contributed by atoms with Crippen molar-refractivity contribution in [3.8, 4) is 0 Å². The first-order valence-corrected chi connectivity index (χ1v) is 3.69. The summed E-state index contributed by atoms with van der Waals surface area (Å²) in [4.78, 5) is 16.8.